The molecule has 0 saturated heterocycles. The zero-order valence-corrected chi connectivity index (χ0v) is 9.81. The molecule has 0 heterocycles. The van der Waals surface area contributed by atoms with Gasteiger partial charge in [0.2, 0.25) is 10.0 Å². The monoisotopic (exact) mass is 249 g/mol. The summed E-state index contributed by atoms with van der Waals surface area (Å²) in [5.41, 5.74) is 0.479. The normalized spacial score (nSPS) is 11.4. The van der Waals surface area contributed by atoms with E-state index in [0.717, 1.165) is 0 Å². The molecule has 0 radical (unpaired) electrons. The van der Waals surface area contributed by atoms with Crippen molar-refractivity contribution in [2.75, 3.05) is 6.61 Å². The molecule has 0 atom stereocenters. The molecule has 0 aliphatic rings. The lowest BCUT2D eigenvalue weighted by Crippen LogP contribution is -2.15. The zero-order valence-electron chi connectivity index (χ0n) is 8.23. The fourth-order valence-corrected chi connectivity index (χ4v) is 2.03. The minimum atomic E-state index is -3.57. The molecule has 0 aliphatic carbocycles. The van der Waals surface area contributed by atoms with Crippen molar-refractivity contribution in [2.24, 2.45) is 5.14 Å². The number of ether oxygens (including phenoxy) is 1. The second kappa shape index (κ2) is 4.83. The number of nitrogens with two attached hydrogens (primary N) is 1. The van der Waals surface area contributed by atoms with E-state index in [1.807, 2.05) is 6.92 Å². The lowest BCUT2D eigenvalue weighted by molar-refractivity contribution is 0.337. The summed E-state index contributed by atoms with van der Waals surface area (Å²) in [6, 6.07) is 4.81. The van der Waals surface area contributed by atoms with Crippen LogP contribution >= 0.6 is 11.6 Å². The average Bonchev–Trinajstić information content (AvgIpc) is 2.07. The van der Waals surface area contributed by atoms with Crippen molar-refractivity contribution in [3.63, 3.8) is 0 Å². The smallest absolute Gasteiger partial charge is 0.213 e. The molecule has 0 aromatic heterocycles. The first-order valence-electron chi connectivity index (χ1n) is 4.34. The first kappa shape index (κ1) is 12.3. The number of hydrogen-bond acceptors (Lipinski definition) is 3. The predicted molar refractivity (Wildman–Crippen MR) is 59.4 cm³/mol. The highest BCUT2D eigenvalue weighted by Gasteiger charge is 2.11. The van der Waals surface area contributed by atoms with Crippen molar-refractivity contribution < 1.29 is 13.2 Å². The molecule has 0 unspecified atom stereocenters. The van der Waals surface area contributed by atoms with Gasteiger partial charge in [0.15, 0.2) is 0 Å². The second-order valence-electron chi connectivity index (χ2n) is 2.99. The molecule has 1 aromatic rings. The summed E-state index contributed by atoms with van der Waals surface area (Å²) in [7, 11) is -3.57. The summed E-state index contributed by atoms with van der Waals surface area (Å²) >= 11 is 5.75. The Morgan fingerprint density at radius 1 is 1.47 bits per heavy atom. The van der Waals surface area contributed by atoms with Crippen LogP contribution in [0.5, 0.6) is 5.75 Å². The van der Waals surface area contributed by atoms with Gasteiger partial charge >= 0.3 is 0 Å². The SMILES string of the molecule is CCOc1ccc(Cl)cc1CS(N)(=O)=O. The molecule has 0 fully saturated rings. The summed E-state index contributed by atoms with van der Waals surface area (Å²) in [6.45, 7) is 2.27. The van der Waals surface area contributed by atoms with Crippen LogP contribution in [-0.2, 0) is 15.8 Å². The van der Waals surface area contributed by atoms with Gasteiger partial charge in [-0.15, -0.1) is 0 Å². The highest BCUT2D eigenvalue weighted by atomic mass is 35.5. The summed E-state index contributed by atoms with van der Waals surface area (Å²) < 4.78 is 27.2. The van der Waals surface area contributed by atoms with E-state index >= 15 is 0 Å². The summed E-state index contributed by atoms with van der Waals surface area (Å²) in [4.78, 5) is 0. The molecular formula is C9H12ClNO3S. The molecular weight excluding hydrogens is 238 g/mol. The molecule has 0 amide bonds. The minimum absolute atomic E-state index is 0.275. The predicted octanol–water partition coefficient (Wildman–Crippen LogP) is 1.53. The first-order valence-corrected chi connectivity index (χ1v) is 6.43. The van der Waals surface area contributed by atoms with Gasteiger partial charge in [0, 0.05) is 10.6 Å². The Bertz CT molecular complexity index is 445. The van der Waals surface area contributed by atoms with E-state index in [-0.39, 0.29) is 5.75 Å². The molecule has 2 N–H and O–H groups in total. The van der Waals surface area contributed by atoms with Crippen LogP contribution in [0.3, 0.4) is 0 Å². The third-order valence-electron chi connectivity index (χ3n) is 1.68. The minimum Gasteiger partial charge on any atom is -0.494 e. The fraction of sp³-hybridized carbons (Fsp3) is 0.333. The number of sulfonamides is 1. The highest BCUT2D eigenvalue weighted by molar-refractivity contribution is 7.88. The van der Waals surface area contributed by atoms with Gasteiger partial charge in [-0.1, -0.05) is 11.6 Å². The Kier molecular flexibility index (Phi) is 3.96. The topological polar surface area (TPSA) is 69.4 Å². The Labute approximate surface area is 94.0 Å². The Balaban J connectivity index is 3.07. The zero-order chi connectivity index (χ0) is 11.5. The van der Waals surface area contributed by atoms with Crippen LogP contribution in [0.4, 0.5) is 0 Å². The number of rotatable bonds is 4. The van der Waals surface area contributed by atoms with E-state index in [2.05, 4.69) is 0 Å². The van der Waals surface area contributed by atoms with Crippen LogP contribution in [0, 0.1) is 0 Å². The number of primary sulfonamides is 1. The van der Waals surface area contributed by atoms with Gasteiger partial charge in [-0.3, -0.25) is 0 Å². The maximum Gasteiger partial charge on any atom is 0.213 e. The van der Waals surface area contributed by atoms with Crippen molar-refractivity contribution in [3.05, 3.63) is 28.8 Å². The molecule has 0 bridgehead atoms. The van der Waals surface area contributed by atoms with E-state index in [4.69, 9.17) is 21.5 Å². The van der Waals surface area contributed by atoms with Crippen LogP contribution in [0.25, 0.3) is 0 Å². The Hall–Kier alpha value is -0.780. The lowest BCUT2D eigenvalue weighted by atomic mass is 10.2. The van der Waals surface area contributed by atoms with Gasteiger partial charge in [-0.25, -0.2) is 13.6 Å². The molecule has 1 rings (SSSR count). The van der Waals surface area contributed by atoms with Gasteiger partial charge in [0.05, 0.1) is 12.4 Å². The standard InChI is InChI=1S/C9H12ClNO3S/c1-2-14-9-4-3-8(10)5-7(9)6-15(11,12)13/h3-5H,2,6H2,1H3,(H2,11,12,13). The maximum atomic E-state index is 10.9. The van der Waals surface area contributed by atoms with Crippen LogP contribution in [0.15, 0.2) is 18.2 Å². The van der Waals surface area contributed by atoms with Gasteiger partial charge < -0.3 is 4.74 Å². The van der Waals surface area contributed by atoms with E-state index in [9.17, 15) is 8.42 Å². The highest BCUT2D eigenvalue weighted by Crippen LogP contribution is 2.24. The Morgan fingerprint density at radius 3 is 2.67 bits per heavy atom. The summed E-state index contributed by atoms with van der Waals surface area (Å²) in [6.07, 6.45) is 0. The van der Waals surface area contributed by atoms with Crippen molar-refractivity contribution in [3.8, 4) is 5.75 Å². The molecule has 84 valence electrons. The van der Waals surface area contributed by atoms with E-state index in [1.54, 1.807) is 12.1 Å². The molecule has 1 aromatic carbocycles. The van der Waals surface area contributed by atoms with Crippen LogP contribution < -0.4 is 9.88 Å². The molecule has 0 spiro atoms. The molecule has 0 saturated carbocycles. The van der Waals surface area contributed by atoms with E-state index < -0.39 is 10.0 Å². The van der Waals surface area contributed by atoms with E-state index in [1.165, 1.54) is 6.07 Å². The van der Waals surface area contributed by atoms with E-state index in [0.29, 0.717) is 22.9 Å². The quantitative estimate of drug-likeness (QED) is 0.880. The number of hydrogen-bond donors (Lipinski definition) is 1. The lowest BCUT2D eigenvalue weighted by Gasteiger charge is -2.09. The fourth-order valence-electron chi connectivity index (χ4n) is 1.17. The molecule has 6 heteroatoms. The van der Waals surface area contributed by atoms with Gasteiger partial charge in [-0.2, -0.15) is 0 Å². The number of benzene rings is 1. The van der Waals surface area contributed by atoms with Crippen molar-refractivity contribution in [1.82, 2.24) is 0 Å². The second-order valence-corrected chi connectivity index (χ2v) is 5.04. The van der Waals surface area contributed by atoms with Gasteiger partial charge in [-0.05, 0) is 25.1 Å². The third kappa shape index (κ3) is 4.07. The molecule has 0 aliphatic heterocycles. The van der Waals surface area contributed by atoms with Crippen molar-refractivity contribution in [2.45, 2.75) is 12.7 Å². The molecule has 4 nitrogen and oxygen atoms in total. The summed E-state index contributed by atoms with van der Waals surface area (Å²) in [5, 5.41) is 5.41. The van der Waals surface area contributed by atoms with Gasteiger partial charge in [0.25, 0.3) is 0 Å². The first-order chi connectivity index (χ1) is 6.92. The molecule has 15 heavy (non-hydrogen) atoms. The summed E-state index contributed by atoms with van der Waals surface area (Å²) in [5.74, 6) is 0.221. The van der Waals surface area contributed by atoms with Crippen LogP contribution in [0.2, 0.25) is 5.02 Å². The average molecular weight is 250 g/mol. The number of halogens is 1. The maximum absolute atomic E-state index is 10.9. The van der Waals surface area contributed by atoms with Crippen LogP contribution in [0.1, 0.15) is 12.5 Å². The van der Waals surface area contributed by atoms with Gasteiger partial charge in [0.1, 0.15) is 5.75 Å². The largest absolute Gasteiger partial charge is 0.494 e. The van der Waals surface area contributed by atoms with Crippen molar-refractivity contribution >= 4 is 21.6 Å². The Morgan fingerprint density at radius 2 is 2.13 bits per heavy atom. The third-order valence-corrected chi connectivity index (χ3v) is 2.63. The van der Waals surface area contributed by atoms with Crippen LogP contribution in [-0.4, -0.2) is 15.0 Å². The van der Waals surface area contributed by atoms with Crippen molar-refractivity contribution in [1.29, 1.82) is 0 Å².